The van der Waals surface area contributed by atoms with Crippen LogP contribution in [0.2, 0.25) is 0 Å². The molecule has 25 heavy (non-hydrogen) atoms. The molecule has 0 unspecified atom stereocenters. The molecule has 2 rings (SSSR count). The van der Waals surface area contributed by atoms with Crippen molar-refractivity contribution >= 4 is 17.5 Å². The predicted molar refractivity (Wildman–Crippen MR) is 87.7 cm³/mol. The number of rotatable bonds is 5. The highest BCUT2D eigenvalue weighted by Gasteiger charge is 2.30. The first-order valence-electron chi connectivity index (χ1n) is 7.53. The highest BCUT2D eigenvalue weighted by atomic mass is 19.4. The van der Waals surface area contributed by atoms with Crippen LogP contribution in [0.3, 0.4) is 0 Å². The second-order valence-electron chi connectivity index (χ2n) is 5.57. The van der Waals surface area contributed by atoms with Crippen LogP contribution in [0, 0.1) is 6.92 Å². The maximum absolute atomic E-state index is 12.6. The van der Waals surface area contributed by atoms with Gasteiger partial charge in [0.15, 0.2) is 0 Å². The van der Waals surface area contributed by atoms with Gasteiger partial charge in [0.2, 0.25) is 11.8 Å². The van der Waals surface area contributed by atoms with Crippen molar-refractivity contribution < 1.29 is 22.8 Å². The third-order valence-corrected chi connectivity index (χ3v) is 3.41. The molecule has 0 spiro atoms. The number of amides is 2. The van der Waals surface area contributed by atoms with E-state index < -0.39 is 30.0 Å². The molecular formula is C18H17F3N2O2. The van der Waals surface area contributed by atoms with Gasteiger partial charge >= 0.3 is 6.18 Å². The van der Waals surface area contributed by atoms with Crippen molar-refractivity contribution in [2.75, 3.05) is 5.32 Å². The number of carbonyl (C=O) groups is 2. The van der Waals surface area contributed by atoms with Gasteiger partial charge in [0.05, 0.1) is 5.56 Å². The van der Waals surface area contributed by atoms with E-state index in [-0.39, 0.29) is 12.2 Å². The number of hydrogen-bond donors (Lipinski definition) is 2. The van der Waals surface area contributed by atoms with Gasteiger partial charge < -0.3 is 10.6 Å². The van der Waals surface area contributed by atoms with Crippen LogP contribution in [-0.2, 0) is 22.3 Å². The summed E-state index contributed by atoms with van der Waals surface area (Å²) in [6.07, 6.45) is -4.96. The summed E-state index contributed by atoms with van der Waals surface area (Å²) in [5, 5.41) is 4.88. The Labute approximate surface area is 143 Å². The van der Waals surface area contributed by atoms with Gasteiger partial charge in [-0.25, -0.2) is 0 Å². The zero-order chi connectivity index (χ0) is 18.4. The maximum atomic E-state index is 12.6. The van der Waals surface area contributed by atoms with Crippen LogP contribution in [0.5, 0.6) is 0 Å². The van der Waals surface area contributed by atoms with Gasteiger partial charge in [-0.2, -0.15) is 13.2 Å². The average Bonchev–Trinajstić information content (AvgIpc) is 2.53. The molecule has 7 heteroatoms. The summed E-state index contributed by atoms with van der Waals surface area (Å²) in [6.45, 7) is 2.22. The van der Waals surface area contributed by atoms with E-state index in [0.29, 0.717) is 0 Å². The minimum Gasteiger partial charge on any atom is -0.352 e. The molecule has 2 aromatic rings. The first kappa shape index (κ1) is 18.5. The van der Waals surface area contributed by atoms with Crippen LogP contribution in [0.25, 0.3) is 0 Å². The van der Waals surface area contributed by atoms with Crippen LogP contribution in [0.1, 0.15) is 23.1 Å². The van der Waals surface area contributed by atoms with Crippen molar-refractivity contribution in [3.63, 3.8) is 0 Å². The number of anilines is 1. The largest absolute Gasteiger partial charge is 0.416 e. The molecule has 0 saturated heterocycles. The molecule has 0 aliphatic rings. The fourth-order valence-electron chi connectivity index (χ4n) is 2.09. The molecule has 0 heterocycles. The van der Waals surface area contributed by atoms with Crippen LogP contribution < -0.4 is 10.6 Å². The van der Waals surface area contributed by atoms with Crippen molar-refractivity contribution in [3.8, 4) is 0 Å². The van der Waals surface area contributed by atoms with Crippen LogP contribution in [0.4, 0.5) is 18.9 Å². The second kappa shape index (κ2) is 7.83. The molecule has 4 nitrogen and oxygen atoms in total. The molecule has 0 atom stereocenters. The fraction of sp³-hybridized carbons (Fsp3) is 0.222. The summed E-state index contributed by atoms with van der Waals surface area (Å²) < 4.78 is 37.9. The minimum atomic E-state index is -4.49. The highest BCUT2D eigenvalue weighted by Crippen LogP contribution is 2.30. The second-order valence-corrected chi connectivity index (χ2v) is 5.57. The zero-order valence-corrected chi connectivity index (χ0v) is 13.5. The van der Waals surface area contributed by atoms with E-state index in [9.17, 15) is 22.8 Å². The van der Waals surface area contributed by atoms with Gasteiger partial charge in [0, 0.05) is 12.2 Å². The third-order valence-electron chi connectivity index (χ3n) is 3.41. The summed E-state index contributed by atoms with van der Waals surface area (Å²) >= 11 is 0. The normalized spacial score (nSPS) is 11.0. The smallest absolute Gasteiger partial charge is 0.352 e. The van der Waals surface area contributed by atoms with Crippen LogP contribution in [-0.4, -0.2) is 11.8 Å². The Bertz CT molecular complexity index is 756. The van der Waals surface area contributed by atoms with Crippen molar-refractivity contribution in [1.29, 1.82) is 0 Å². The minimum absolute atomic E-state index is 0.00819. The monoisotopic (exact) mass is 350 g/mol. The highest BCUT2D eigenvalue weighted by molar-refractivity contribution is 6.03. The molecule has 0 aromatic heterocycles. The lowest BCUT2D eigenvalue weighted by atomic mass is 10.1. The van der Waals surface area contributed by atoms with E-state index in [0.717, 1.165) is 23.3 Å². The average molecular weight is 350 g/mol. The van der Waals surface area contributed by atoms with Gasteiger partial charge in [-0.15, -0.1) is 0 Å². The Kier molecular flexibility index (Phi) is 5.80. The van der Waals surface area contributed by atoms with Crippen LogP contribution >= 0.6 is 0 Å². The number of aryl methyl sites for hydroxylation is 1. The van der Waals surface area contributed by atoms with E-state index in [4.69, 9.17) is 0 Å². The maximum Gasteiger partial charge on any atom is 0.416 e. The lowest BCUT2D eigenvalue weighted by Crippen LogP contribution is -2.27. The predicted octanol–water partition coefficient (Wildman–Crippen LogP) is 3.66. The van der Waals surface area contributed by atoms with Gasteiger partial charge in [-0.05, 0) is 30.7 Å². The van der Waals surface area contributed by atoms with Crippen molar-refractivity contribution in [1.82, 2.24) is 5.32 Å². The van der Waals surface area contributed by atoms with Crippen LogP contribution in [0.15, 0.2) is 48.5 Å². The topological polar surface area (TPSA) is 58.2 Å². The molecule has 0 aliphatic heterocycles. The molecule has 2 amide bonds. The van der Waals surface area contributed by atoms with Gasteiger partial charge in [-0.1, -0.05) is 35.9 Å². The van der Waals surface area contributed by atoms with Crippen molar-refractivity contribution in [2.24, 2.45) is 0 Å². The van der Waals surface area contributed by atoms with E-state index in [1.54, 1.807) is 0 Å². The molecule has 2 N–H and O–H groups in total. The van der Waals surface area contributed by atoms with Gasteiger partial charge in [-0.3, -0.25) is 9.59 Å². The van der Waals surface area contributed by atoms with Crippen molar-refractivity contribution in [2.45, 2.75) is 26.1 Å². The van der Waals surface area contributed by atoms with E-state index in [1.165, 1.54) is 12.1 Å². The Morgan fingerprint density at radius 1 is 1.00 bits per heavy atom. The molecule has 0 fully saturated rings. The summed E-state index contributed by atoms with van der Waals surface area (Å²) in [7, 11) is 0. The number of carbonyl (C=O) groups excluding carboxylic acids is 2. The Morgan fingerprint density at radius 2 is 1.68 bits per heavy atom. The summed E-state index contributed by atoms with van der Waals surface area (Å²) in [6, 6.07) is 11.8. The molecule has 0 saturated carbocycles. The number of benzene rings is 2. The first-order valence-corrected chi connectivity index (χ1v) is 7.53. The number of nitrogens with one attached hydrogen (secondary N) is 2. The van der Waals surface area contributed by atoms with Gasteiger partial charge in [0.1, 0.15) is 6.42 Å². The van der Waals surface area contributed by atoms with E-state index >= 15 is 0 Å². The summed E-state index contributed by atoms with van der Waals surface area (Å²) in [4.78, 5) is 23.5. The lowest BCUT2D eigenvalue weighted by molar-refractivity contribution is -0.137. The standard InChI is InChI=1S/C18H17F3N2O2/c1-12-5-7-13(8-6-12)11-22-16(24)10-17(25)23-15-4-2-3-14(9-15)18(19,20)21/h2-9H,10-11H2,1H3,(H,22,24)(H,23,25). The quantitative estimate of drug-likeness (QED) is 0.809. The third kappa shape index (κ3) is 5.95. The molecular weight excluding hydrogens is 333 g/mol. The Hall–Kier alpha value is -2.83. The number of halogens is 3. The summed E-state index contributed by atoms with van der Waals surface area (Å²) in [5.41, 5.74) is 1.10. The molecule has 0 radical (unpaired) electrons. The Balaban J connectivity index is 1.85. The Morgan fingerprint density at radius 3 is 2.32 bits per heavy atom. The van der Waals surface area contributed by atoms with Gasteiger partial charge in [0.25, 0.3) is 0 Å². The number of alkyl halides is 3. The zero-order valence-electron chi connectivity index (χ0n) is 13.5. The first-order chi connectivity index (χ1) is 11.7. The fourth-order valence-corrected chi connectivity index (χ4v) is 2.09. The number of hydrogen-bond acceptors (Lipinski definition) is 2. The molecule has 2 aromatic carbocycles. The lowest BCUT2D eigenvalue weighted by Gasteiger charge is -2.10. The SMILES string of the molecule is Cc1ccc(CNC(=O)CC(=O)Nc2cccc(C(F)(F)F)c2)cc1. The molecule has 132 valence electrons. The van der Waals surface area contributed by atoms with E-state index in [2.05, 4.69) is 10.6 Å². The van der Waals surface area contributed by atoms with Crippen molar-refractivity contribution in [3.05, 3.63) is 65.2 Å². The molecule has 0 bridgehead atoms. The van der Waals surface area contributed by atoms with E-state index in [1.807, 2.05) is 31.2 Å². The summed E-state index contributed by atoms with van der Waals surface area (Å²) in [5.74, 6) is -1.19. The molecule has 0 aliphatic carbocycles.